The number of methoxy groups -OCH3 is 1. The van der Waals surface area contributed by atoms with Crippen molar-refractivity contribution in [2.75, 3.05) is 53.7 Å². The normalized spacial score (nSPS) is 11.1. The number of aliphatic imine (C=N–C) groups is 1. The summed E-state index contributed by atoms with van der Waals surface area (Å²) < 4.78 is 21.0. The van der Waals surface area contributed by atoms with E-state index in [4.69, 9.17) is 18.6 Å². The molecule has 0 fully saturated rings. The van der Waals surface area contributed by atoms with Crippen molar-refractivity contribution in [2.45, 2.75) is 13.0 Å². The van der Waals surface area contributed by atoms with E-state index in [1.807, 2.05) is 12.1 Å². The second-order valence-corrected chi connectivity index (χ2v) is 4.52. The van der Waals surface area contributed by atoms with Crippen molar-refractivity contribution in [3.63, 3.8) is 0 Å². The number of rotatable bonds is 12. The van der Waals surface area contributed by atoms with Crippen molar-refractivity contribution < 1.29 is 18.6 Å². The molecule has 0 radical (unpaired) electrons. The lowest BCUT2D eigenvalue weighted by Gasteiger charge is -2.12. The largest absolute Gasteiger partial charge is 0.467 e. The van der Waals surface area contributed by atoms with Gasteiger partial charge in [-0.3, -0.25) is 4.99 Å². The number of ether oxygens (including phenoxy) is 3. The van der Waals surface area contributed by atoms with Crippen LogP contribution in [0.4, 0.5) is 0 Å². The predicted molar refractivity (Wildman–Crippen MR) is 100 cm³/mol. The number of hydrogen-bond donors (Lipinski definition) is 2. The molecule has 0 saturated heterocycles. The molecule has 1 heterocycles. The van der Waals surface area contributed by atoms with Crippen LogP contribution in [0.5, 0.6) is 0 Å². The SMILES string of the molecule is CN=C(NCCCOCc1ccco1)NCCOCCOC.I. The fraction of sp³-hybridized carbons (Fsp3) is 0.667. The first-order valence-electron chi connectivity index (χ1n) is 7.48. The summed E-state index contributed by atoms with van der Waals surface area (Å²) in [6, 6.07) is 3.76. The van der Waals surface area contributed by atoms with E-state index >= 15 is 0 Å². The van der Waals surface area contributed by atoms with Crippen LogP contribution in [0.2, 0.25) is 0 Å². The highest BCUT2D eigenvalue weighted by Gasteiger charge is 1.98. The molecule has 8 heteroatoms. The highest BCUT2D eigenvalue weighted by Crippen LogP contribution is 2.01. The van der Waals surface area contributed by atoms with Crippen molar-refractivity contribution in [3.05, 3.63) is 24.2 Å². The lowest BCUT2D eigenvalue weighted by atomic mass is 10.4. The summed E-state index contributed by atoms with van der Waals surface area (Å²) in [5, 5.41) is 6.40. The summed E-state index contributed by atoms with van der Waals surface area (Å²) in [6.45, 7) is 4.53. The Kier molecular flexibility index (Phi) is 15.4. The summed E-state index contributed by atoms with van der Waals surface area (Å²) in [6.07, 6.45) is 2.54. The van der Waals surface area contributed by atoms with Gasteiger partial charge in [-0.25, -0.2) is 0 Å². The molecule has 23 heavy (non-hydrogen) atoms. The molecule has 134 valence electrons. The zero-order valence-electron chi connectivity index (χ0n) is 13.9. The van der Waals surface area contributed by atoms with Crippen LogP contribution < -0.4 is 10.6 Å². The smallest absolute Gasteiger partial charge is 0.191 e. The first-order valence-corrected chi connectivity index (χ1v) is 7.48. The zero-order chi connectivity index (χ0) is 15.9. The third-order valence-corrected chi connectivity index (χ3v) is 2.78. The third kappa shape index (κ3) is 12.3. The summed E-state index contributed by atoms with van der Waals surface area (Å²) in [5.41, 5.74) is 0. The average molecular weight is 441 g/mol. The second kappa shape index (κ2) is 16.0. The molecule has 2 N–H and O–H groups in total. The molecule has 0 atom stereocenters. The zero-order valence-corrected chi connectivity index (χ0v) is 16.2. The van der Waals surface area contributed by atoms with Crippen molar-refractivity contribution in [1.82, 2.24) is 10.6 Å². The van der Waals surface area contributed by atoms with E-state index in [2.05, 4.69) is 15.6 Å². The molecule has 0 unspecified atom stereocenters. The predicted octanol–water partition coefficient (Wildman–Crippen LogP) is 1.63. The molecule has 0 spiro atoms. The first-order chi connectivity index (χ1) is 10.9. The van der Waals surface area contributed by atoms with Gasteiger partial charge in [-0.15, -0.1) is 24.0 Å². The van der Waals surface area contributed by atoms with E-state index in [1.54, 1.807) is 20.4 Å². The lowest BCUT2D eigenvalue weighted by molar-refractivity contribution is 0.0733. The third-order valence-electron chi connectivity index (χ3n) is 2.78. The quantitative estimate of drug-likeness (QED) is 0.222. The standard InChI is InChI=1S/C15H27N3O4.HI/c1-16-15(18-7-10-20-12-11-19-2)17-6-4-8-21-13-14-5-3-9-22-14;/h3,5,9H,4,6-8,10-13H2,1-2H3,(H2,16,17,18);1H. The molecule has 0 aliphatic heterocycles. The molecule has 0 aliphatic carbocycles. The van der Waals surface area contributed by atoms with Gasteiger partial charge in [0.25, 0.3) is 0 Å². The Morgan fingerprint density at radius 3 is 2.65 bits per heavy atom. The molecule has 1 rings (SSSR count). The number of guanidine groups is 1. The Labute approximate surface area is 155 Å². The number of halogens is 1. The van der Waals surface area contributed by atoms with Gasteiger partial charge < -0.3 is 29.3 Å². The van der Waals surface area contributed by atoms with Crippen LogP contribution in [0.1, 0.15) is 12.2 Å². The van der Waals surface area contributed by atoms with Gasteiger partial charge in [-0.05, 0) is 18.6 Å². The molecule has 0 amide bonds. The molecule has 0 aliphatic rings. The van der Waals surface area contributed by atoms with Crippen LogP contribution in [-0.4, -0.2) is 59.6 Å². The number of hydrogen-bond acceptors (Lipinski definition) is 5. The monoisotopic (exact) mass is 441 g/mol. The van der Waals surface area contributed by atoms with E-state index in [1.165, 1.54) is 0 Å². The summed E-state index contributed by atoms with van der Waals surface area (Å²) in [4.78, 5) is 4.14. The minimum Gasteiger partial charge on any atom is -0.467 e. The Morgan fingerprint density at radius 2 is 1.96 bits per heavy atom. The van der Waals surface area contributed by atoms with Crippen LogP contribution in [0, 0.1) is 0 Å². The molecule has 1 aromatic rings. The Hall–Kier alpha value is -0.840. The van der Waals surface area contributed by atoms with E-state index in [0.29, 0.717) is 39.6 Å². The first kappa shape index (κ1) is 22.2. The highest BCUT2D eigenvalue weighted by molar-refractivity contribution is 14.0. The fourth-order valence-electron chi connectivity index (χ4n) is 1.66. The van der Waals surface area contributed by atoms with Crippen molar-refractivity contribution in [1.29, 1.82) is 0 Å². The molecule has 0 bridgehead atoms. The van der Waals surface area contributed by atoms with E-state index in [0.717, 1.165) is 24.7 Å². The van der Waals surface area contributed by atoms with E-state index in [9.17, 15) is 0 Å². The summed E-state index contributed by atoms with van der Waals surface area (Å²) in [7, 11) is 3.40. The van der Waals surface area contributed by atoms with E-state index in [-0.39, 0.29) is 24.0 Å². The fourth-order valence-corrected chi connectivity index (χ4v) is 1.66. The van der Waals surface area contributed by atoms with Crippen LogP contribution in [0.3, 0.4) is 0 Å². The lowest BCUT2D eigenvalue weighted by Crippen LogP contribution is -2.39. The molecule has 0 saturated carbocycles. The Balaban J connectivity index is 0.00000484. The van der Waals surface area contributed by atoms with Crippen LogP contribution in [0.25, 0.3) is 0 Å². The maximum absolute atomic E-state index is 5.50. The minimum atomic E-state index is 0. The van der Waals surface area contributed by atoms with Gasteiger partial charge in [0.15, 0.2) is 5.96 Å². The van der Waals surface area contributed by atoms with Crippen molar-refractivity contribution >= 4 is 29.9 Å². The second-order valence-electron chi connectivity index (χ2n) is 4.52. The average Bonchev–Trinajstić information content (AvgIpc) is 3.05. The molecular formula is C15H28IN3O4. The van der Waals surface area contributed by atoms with Crippen LogP contribution >= 0.6 is 24.0 Å². The topological polar surface area (TPSA) is 77.3 Å². The summed E-state index contributed by atoms with van der Waals surface area (Å²) >= 11 is 0. The Morgan fingerprint density at radius 1 is 1.13 bits per heavy atom. The molecular weight excluding hydrogens is 413 g/mol. The highest BCUT2D eigenvalue weighted by atomic mass is 127. The minimum absolute atomic E-state index is 0. The number of nitrogens with zero attached hydrogens (tertiary/aromatic N) is 1. The summed E-state index contributed by atoms with van der Waals surface area (Å²) in [5.74, 6) is 1.61. The molecule has 7 nitrogen and oxygen atoms in total. The van der Waals surface area contributed by atoms with Gasteiger partial charge >= 0.3 is 0 Å². The van der Waals surface area contributed by atoms with Gasteiger partial charge in [-0.1, -0.05) is 0 Å². The maximum Gasteiger partial charge on any atom is 0.191 e. The van der Waals surface area contributed by atoms with Gasteiger partial charge in [0, 0.05) is 33.9 Å². The van der Waals surface area contributed by atoms with Crippen molar-refractivity contribution in [2.24, 2.45) is 4.99 Å². The van der Waals surface area contributed by atoms with Crippen molar-refractivity contribution in [3.8, 4) is 0 Å². The Bertz CT molecular complexity index is 388. The van der Waals surface area contributed by atoms with E-state index < -0.39 is 0 Å². The number of furan rings is 1. The van der Waals surface area contributed by atoms with Gasteiger partial charge in [-0.2, -0.15) is 0 Å². The maximum atomic E-state index is 5.50. The van der Waals surface area contributed by atoms with Gasteiger partial charge in [0.1, 0.15) is 12.4 Å². The van der Waals surface area contributed by atoms with Gasteiger partial charge in [0.05, 0.1) is 26.1 Å². The molecule has 1 aromatic heterocycles. The molecule has 0 aromatic carbocycles. The van der Waals surface area contributed by atoms with Gasteiger partial charge in [0.2, 0.25) is 0 Å². The van der Waals surface area contributed by atoms with Crippen LogP contribution in [0.15, 0.2) is 27.8 Å². The van der Waals surface area contributed by atoms with Crippen LogP contribution in [-0.2, 0) is 20.8 Å². The number of nitrogens with one attached hydrogen (secondary N) is 2.